The summed E-state index contributed by atoms with van der Waals surface area (Å²) in [5.41, 5.74) is 2.66. The van der Waals surface area contributed by atoms with Crippen molar-refractivity contribution in [1.82, 2.24) is 0 Å². The minimum atomic E-state index is 0.297. The molecule has 90 valence electrons. The summed E-state index contributed by atoms with van der Waals surface area (Å²) in [6, 6.07) is 0. The predicted molar refractivity (Wildman–Crippen MR) is 71.5 cm³/mol. The van der Waals surface area contributed by atoms with E-state index >= 15 is 0 Å². The quantitative estimate of drug-likeness (QED) is 0.452. The number of hydrogen-bond acceptors (Lipinski definition) is 1. The van der Waals surface area contributed by atoms with Crippen LogP contribution in [0.5, 0.6) is 0 Å². The molecule has 0 unspecified atom stereocenters. The van der Waals surface area contributed by atoms with Crippen LogP contribution in [-0.4, -0.2) is 5.78 Å². The maximum Gasteiger partial charge on any atom is 0.129 e. The number of Topliss-reactive ketones (excluding diaryl/α,β-unsaturated/α-hetero) is 1. The van der Waals surface area contributed by atoms with E-state index in [1.807, 2.05) is 6.92 Å². The normalized spacial score (nSPS) is 13.5. The number of allylic oxidation sites excluding steroid dienone is 6. The molecule has 0 aliphatic carbocycles. The molecule has 0 atom stereocenters. The molecule has 0 aromatic carbocycles. The molecule has 0 radical (unpaired) electrons. The third-order valence-electron chi connectivity index (χ3n) is 2.55. The third-order valence-corrected chi connectivity index (χ3v) is 2.55. The Bertz CT molecular complexity index is 293. The van der Waals surface area contributed by atoms with Gasteiger partial charge in [-0.25, -0.2) is 0 Å². The van der Waals surface area contributed by atoms with E-state index in [2.05, 4.69) is 38.2 Å². The molecule has 0 aliphatic heterocycles. The van der Waals surface area contributed by atoms with Crippen LogP contribution in [0, 0.1) is 0 Å². The first-order chi connectivity index (χ1) is 7.56. The van der Waals surface area contributed by atoms with Gasteiger partial charge in [0.1, 0.15) is 5.78 Å². The van der Waals surface area contributed by atoms with Gasteiger partial charge in [0.15, 0.2) is 0 Å². The average molecular weight is 220 g/mol. The number of hydrogen-bond donors (Lipinski definition) is 0. The van der Waals surface area contributed by atoms with Gasteiger partial charge in [-0.15, -0.1) is 0 Å². The SMILES string of the molecule is C/C=C(C)/C=C\C=C(/C)CCCCC(C)=O. The van der Waals surface area contributed by atoms with Crippen molar-refractivity contribution in [2.24, 2.45) is 0 Å². The van der Waals surface area contributed by atoms with Crippen LogP contribution in [0.3, 0.4) is 0 Å². The average Bonchev–Trinajstić information content (AvgIpc) is 2.24. The summed E-state index contributed by atoms with van der Waals surface area (Å²) in [4.78, 5) is 10.7. The zero-order valence-electron chi connectivity index (χ0n) is 11.0. The van der Waals surface area contributed by atoms with Gasteiger partial charge in [0.05, 0.1) is 0 Å². The van der Waals surface area contributed by atoms with E-state index in [4.69, 9.17) is 0 Å². The number of rotatable bonds is 7. The van der Waals surface area contributed by atoms with Crippen molar-refractivity contribution in [2.45, 2.75) is 53.4 Å². The molecule has 0 N–H and O–H groups in total. The fraction of sp³-hybridized carbons (Fsp3) is 0.533. The Morgan fingerprint density at radius 1 is 1.06 bits per heavy atom. The second-order valence-electron chi connectivity index (χ2n) is 4.31. The lowest BCUT2D eigenvalue weighted by Gasteiger charge is -1.99. The van der Waals surface area contributed by atoms with Gasteiger partial charge >= 0.3 is 0 Å². The van der Waals surface area contributed by atoms with Gasteiger partial charge < -0.3 is 4.79 Å². The zero-order chi connectivity index (χ0) is 12.4. The highest BCUT2D eigenvalue weighted by molar-refractivity contribution is 5.75. The molecule has 0 saturated carbocycles. The molecule has 0 aromatic rings. The monoisotopic (exact) mass is 220 g/mol. The van der Waals surface area contributed by atoms with Gasteiger partial charge in [-0.3, -0.25) is 0 Å². The minimum absolute atomic E-state index is 0.297. The molecule has 16 heavy (non-hydrogen) atoms. The number of unbranched alkanes of at least 4 members (excludes halogenated alkanes) is 1. The van der Waals surface area contributed by atoms with Gasteiger partial charge in [-0.05, 0) is 47.0 Å². The summed E-state index contributed by atoms with van der Waals surface area (Å²) in [6.45, 7) is 7.93. The smallest absolute Gasteiger partial charge is 0.129 e. The topological polar surface area (TPSA) is 17.1 Å². The molecule has 0 amide bonds. The fourth-order valence-electron chi connectivity index (χ4n) is 1.32. The Hall–Kier alpha value is -1.11. The van der Waals surface area contributed by atoms with Gasteiger partial charge in [0.25, 0.3) is 0 Å². The van der Waals surface area contributed by atoms with Gasteiger partial charge in [-0.1, -0.05) is 35.5 Å². The molecule has 0 rings (SSSR count). The zero-order valence-corrected chi connectivity index (χ0v) is 11.0. The Labute approximate surface area is 99.9 Å². The van der Waals surface area contributed by atoms with Crippen LogP contribution in [0.1, 0.15) is 53.4 Å². The van der Waals surface area contributed by atoms with Crippen LogP contribution in [-0.2, 0) is 4.79 Å². The Morgan fingerprint density at radius 2 is 1.69 bits per heavy atom. The summed E-state index contributed by atoms with van der Waals surface area (Å²) < 4.78 is 0. The number of carbonyl (C=O) groups excluding carboxylic acids is 1. The van der Waals surface area contributed by atoms with Crippen LogP contribution in [0.4, 0.5) is 0 Å². The van der Waals surface area contributed by atoms with Crippen LogP contribution in [0.2, 0.25) is 0 Å². The van der Waals surface area contributed by atoms with E-state index in [0.717, 1.165) is 25.7 Å². The predicted octanol–water partition coefficient (Wildman–Crippen LogP) is 4.60. The van der Waals surface area contributed by atoms with Crippen molar-refractivity contribution < 1.29 is 4.79 Å². The van der Waals surface area contributed by atoms with Crippen molar-refractivity contribution in [3.63, 3.8) is 0 Å². The summed E-state index contributed by atoms with van der Waals surface area (Å²) >= 11 is 0. The van der Waals surface area contributed by atoms with Crippen molar-refractivity contribution in [3.8, 4) is 0 Å². The highest BCUT2D eigenvalue weighted by atomic mass is 16.1. The van der Waals surface area contributed by atoms with E-state index < -0.39 is 0 Å². The molecule has 0 saturated heterocycles. The second-order valence-corrected chi connectivity index (χ2v) is 4.31. The summed E-state index contributed by atoms with van der Waals surface area (Å²) in [5, 5.41) is 0. The van der Waals surface area contributed by atoms with Crippen molar-refractivity contribution in [2.75, 3.05) is 0 Å². The standard InChI is InChI=1S/C15H24O/c1-5-13(2)10-8-11-14(3)9-6-7-12-15(4)16/h5,8,10-11H,6-7,9,12H2,1-4H3/b10-8-,13-5+,14-11+. The van der Waals surface area contributed by atoms with Crippen LogP contribution in [0.15, 0.2) is 35.5 Å². The van der Waals surface area contributed by atoms with E-state index in [0.29, 0.717) is 5.78 Å². The first-order valence-corrected chi connectivity index (χ1v) is 6.02. The van der Waals surface area contributed by atoms with Crippen LogP contribution >= 0.6 is 0 Å². The van der Waals surface area contributed by atoms with Crippen molar-refractivity contribution >= 4 is 5.78 Å². The molecule has 0 fully saturated rings. The number of ketones is 1. The number of carbonyl (C=O) groups is 1. The lowest BCUT2D eigenvalue weighted by atomic mass is 10.1. The molecule has 0 spiro atoms. The molecule has 0 heterocycles. The van der Waals surface area contributed by atoms with Gasteiger partial charge in [0, 0.05) is 6.42 Å². The first-order valence-electron chi connectivity index (χ1n) is 6.02. The minimum Gasteiger partial charge on any atom is -0.300 e. The Balaban J connectivity index is 3.79. The van der Waals surface area contributed by atoms with E-state index in [-0.39, 0.29) is 0 Å². The summed E-state index contributed by atoms with van der Waals surface area (Å²) in [5.74, 6) is 0.297. The second kappa shape index (κ2) is 9.14. The van der Waals surface area contributed by atoms with Gasteiger partial charge in [-0.2, -0.15) is 0 Å². The van der Waals surface area contributed by atoms with E-state index in [1.54, 1.807) is 6.92 Å². The van der Waals surface area contributed by atoms with Gasteiger partial charge in [0.2, 0.25) is 0 Å². The molecule has 0 bridgehead atoms. The lowest BCUT2D eigenvalue weighted by Crippen LogP contribution is -1.89. The fourth-order valence-corrected chi connectivity index (χ4v) is 1.32. The Morgan fingerprint density at radius 3 is 2.25 bits per heavy atom. The first kappa shape index (κ1) is 14.9. The third kappa shape index (κ3) is 9.45. The lowest BCUT2D eigenvalue weighted by molar-refractivity contribution is -0.117. The van der Waals surface area contributed by atoms with Crippen LogP contribution < -0.4 is 0 Å². The summed E-state index contributed by atoms with van der Waals surface area (Å²) in [6.07, 6.45) is 12.4. The largest absolute Gasteiger partial charge is 0.300 e. The molecular weight excluding hydrogens is 196 g/mol. The molecule has 1 nitrogen and oxygen atoms in total. The highest BCUT2D eigenvalue weighted by Gasteiger charge is 1.94. The van der Waals surface area contributed by atoms with E-state index in [9.17, 15) is 4.79 Å². The maximum absolute atomic E-state index is 10.7. The molecular formula is C15H24O. The molecule has 0 aromatic heterocycles. The molecule has 1 heteroatoms. The van der Waals surface area contributed by atoms with E-state index in [1.165, 1.54) is 11.1 Å². The summed E-state index contributed by atoms with van der Waals surface area (Å²) in [7, 11) is 0. The maximum atomic E-state index is 10.7. The van der Waals surface area contributed by atoms with Crippen molar-refractivity contribution in [1.29, 1.82) is 0 Å². The van der Waals surface area contributed by atoms with Crippen LogP contribution in [0.25, 0.3) is 0 Å². The van der Waals surface area contributed by atoms with Crippen molar-refractivity contribution in [3.05, 3.63) is 35.5 Å². The Kier molecular flexibility index (Phi) is 8.51. The molecule has 0 aliphatic rings. The highest BCUT2D eigenvalue weighted by Crippen LogP contribution is 2.09.